The van der Waals surface area contributed by atoms with Crippen LogP contribution in [0.3, 0.4) is 0 Å². The van der Waals surface area contributed by atoms with Gasteiger partial charge in [-0.25, -0.2) is 14.2 Å². The van der Waals surface area contributed by atoms with Crippen molar-refractivity contribution in [3.05, 3.63) is 40.7 Å². The summed E-state index contributed by atoms with van der Waals surface area (Å²) < 4.78 is 13.0. The Labute approximate surface area is 126 Å². The highest BCUT2D eigenvalue weighted by Crippen LogP contribution is 2.32. The molecule has 2 aromatic rings. The second kappa shape index (κ2) is 6.67. The number of anilines is 2. The van der Waals surface area contributed by atoms with Crippen molar-refractivity contribution >= 4 is 28.1 Å². The number of aromatic carboxylic acids is 1. The van der Waals surface area contributed by atoms with Gasteiger partial charge in [0.05, 0.1) is 5.69 Å². The highest BCUT2D eigenvalue weighted by Gasteiger charge is 2.20. The maximum absolute atomic E-state index is 13.0. The molecule has 0 spiro atoms. The normalized spacial score (nSPS) is 10.6. The Kier molecular flexibility index (Phi) is 4.90. The molecule has 4 nitrogen and oxygen atoms in total. The number of thiazole rings is 1. The van der Waals surface area contributed by atoms with Crippen LogP contribution in [-0.2, 0) is 6.42 Å². The van der Waals surface area contributed by atoms with Crippen molar-refractivity contribution in [1.29, 1.82) is 0 Å². The first-order valence-electron chi connectivity index (χ1n) is 6.82. The Bertz CT molecular complexity index is 625. The van der Waals surface area contributed by atoms with Crippen LogP contribution in [0.4, 0.5) is 15.2 Å². The molecule has 1 heterocycles. The number of halogens is 1. The van der Waals surface area contributed by atoms with Gasteiger partial charge in [-0.05, 0) is 37.6 Å². The van der Waals surface area contributed by atoms with Gasteiger partial charge in [-0.15, -0.1) is 0 Å². The SMILES string of the molecule is CCCc1nc(N(CC)c2ccc(F)cc2)sc1C(=O)O. The maximum atomic E-state index is 13.0. The summed E-state index contributed by atoms with van der Waals surface area (Å²) in [4.78, 5) is 17.9. The van der Waals surface area contributed by atoms with Gasteiger partial charge in [-0.3, -0.25) is 0 Å². The third-order valence-corrected chi connectivity index (χ3v) is 4.16. The predicted molar refractivity (Wildman–Crippen MR) is 82.1 cm³/mol. The second-order valence-electron chi connectivity index (χ2n) is 4.55. The molecule has 0 radical (unpaired) electrons. The molecule has 1 aromatic carbocycles. The fourth-order valence-electron chi connectivity index (χ4n) is 2.08. The van der Waals surface area contributed by atoms with Gasteiger partial charge in [0.1, 0.15) is 10.7 Å². The lowest BCUT2D eigenvalue weighted by molar-refractivity contribution is 0.0700. The fourth-order valence-corrected chi connectivity index (χ4v) is 3.11. The van der Waals surface area contributed by atoms with Crippen molar-refractivity contribution in [2.45, 2.75) is 26.7 Å². The molecule has 0 saturated heterocycles. The molecule has 1 aromatic heterocycles. The minimum atomic E-state index is -0.947. The standard InChI is InChI=1S/C15H17FN2O2S/c1-3-5-12-13(14(19)20)21-15(17-12)18(4-2)11-8-6-10(16)7-9-11/h6-9H,3-5H2,1-2H3,(H,19,20). The van der Waals surface area contributed by atoms with E-state index in [2.05, 4.69) is 4.98 Å². The number of benzene rings is 1. The monoisotopic (exact) mass is 308 g/mol. The van der Waals surface area contributed by atoms with Crippen LogP contribution in [0.25, 0.3) is 0 Å². The van der Waals surface area contributed by atoms with E-state index in [9.17, 15) is 14.3 Å². The van der Waals surface area contributed by atoms with Gasteiger partial charge in [0.25, 0.3) is 0 Å². The first-order valence-corrected chi connectivity index (χ1v) is 7.64. The van der Waals surface area contributed by atoms with Crippen molar-refractivity contribution < 1.29 is 14.3 Å². The van der Waals surface area contributed by atoms with Gasteiger partial charge in [0.2, 0.25) is 0 Å². The van der Waals surface area contributed by atoms with E-state index in [1.807, 2.05) is 18.7 Å². The quantitative estimate of drug-likeness (QED) is 0.873. The molecule has 21 heavy (non-hydrogen) atoms. The Hall–Kier alpha value is -1.95. The zero-order chi connectivity index (χ0) is 15.4. The summed E-state index contributed by atoms with van der Waals surface area (Å²) in [7, 11) is 0. The topological polar surface area (TPSA) is 53.4 Å². The van der Waals surface area contributed by atoms with Crippen LogP contribution in [0.5, 0.6) is 0 Å². The summed E-state index contributed by atoms with van der Waals surface area (Å²) in [6.45, 7) is 4.57. The van der Waals surface area contributed by atoms with Crippen LogP contribution in [0.1, 0.15) is 35.6 Å². The third kappa shape index (κ3) is 3.39. The first-order chi connectivity index (χ1) is 10.1. The molecule has 0 aliphatic carbocycles. The van der Waals surface area contributed by atoms with Gasteiger partial charge in [-0.2, -0.15) is 0 Å². The summed E-state index contributed by atoms with van der Waals surface area (Å²) in [5.74, 6) is -1.25. The number of carboxylic acid groups (broad SMARTS) is 1. The highest BCUT2D eigenvalue weighted by atomic mass is 32.1. The Morgan fingerprint density at radius 1 is 1.33 bits per heavy atom. The molecule has 112 valence electrons. The minimum absolute atomic E-state index is 0.285. The number of hydrogen-bond acceptors (Lipinski definition) is 4. The summed E-state index contributed by atoms with van der Waals surface area (Å²) in [6, 6.07) is 6.10. The largest absolute Gasteiger partial charge is 0.477 e. The fraction of sp³-hybridized carbons (Fsp3) is 0.333. The summed E-state index contributed by atoms with van der Waals surface area (Å²) in [5.41, 5.74) is 1.41. The molecule has 1 N–H and O–H groups in total. The first kappa shape index (κ1) is 15.4. The lowest BCUT2D eigenvalue weighted by atomic mass is 10.2. The molecule has 0 aliphatic heterocycles. The van der Waals surface area contributed by atoms with Crippen LogP contribution >= 0.6 is 11.3 Å². The van der Waals surface area contributed by atoms with Crippen LogP contribution in [0.2, 0.25) is 0 Å². The van der Waals surface area contributed by atoms with Crippen molar-refractivity contribution in [1.82, 2.24) is 4.98 Å². The lowest BCUT2D eigenvalue weighted by Gasteiger charge is -2.19. The predicted octanol–water partition coefficient (Wildman–Crippen LogP) is 4.09. The second-order valence-corrected chi connectivity index (χ2v) is 5.53. The van der Waals surface area contributed by atoms with Crippen LogP contribution < -0.4 is 4.90 Å². The molecule has 6 heteroatoms. The summed E-state index contributed by atoms with van der Waals surface area (Å²) in [5, 5.41) is 9.90. The van der Waals surface area contributed by atoms with Crippen LogP contribution in [0.15, 0.2) is 24.3 Å². The van der Waals surface area contributed by atoms with E-state index in [1.54, 1.807) is 12.1 Å². The molecule has 0 bridgehead atoms. The van der Waals surface area contributed by atoms with E-state index in [1.165, 1.54) is 12.1 Å². The molecular formula is C15H17FN2O2S. The van der Waals surface area contributed by atoms with E-state index in [4.69, 9.17) is 0 Å². The van der Waals surface area contributed by atoms with Gasteiger partial charge in [0.15, 0.2) is 5.13 Å². The molecule has 0 unspecified atom stereocenters. The Balaban J connectivity index is 2.40. The Morgan fingerprint density at radius 3 is 2.52 bits per heavy atom. The van der Waals surface area contributed by atoms with Crippen molar-refractivity contribution in [2.75, 3.05) is 11.4 Å². The van der Waals surface area contributed by atoms with E-state index in [0.717, 1.165) is 23.4 Å². The van der Waals surface area contributed by atoms with Crippen LogP contribution in [-0.4, -0.2) is 22.6 Å². The molecule has 0 aliphatic rings. The van der Waals surface area contributed by atoms with E-state index in [0.29, 0.717) is 23.8 Å². The van der Waals surface area contributed by atoms with Crippen molar-refractivity contribution in [2.24, 2.45) is 0 Å². The van der Waals surface area contributed by atoms with E-state index in [-0.39, 0.29) is 10.7 Å². The lowest BCUT2D eigenvalue weighted by Crippen LogP contribution is -2.15. The molecular weight excluding hydrogens is 291 g/mol. The molecule has 0 amide bonds. The zero-order valence-electron chi connectivity index (χ0n) is 12.0. The molecule has 0 saturated carbocycles. The number of nitrogens with zero attached hydrogens (tertiary/aromatic N) is 2. The summed E-state index contributed by atoms with van der Waals surface area (Å²) in [6.07, 6.45) is 1.48. The number of hydrogen-bond donors (Lipinski definition) is 1. The maximum Gasteiger partial charge on any atom is 0.347 e. The third-order valence-electron chi connectivity index (χ3n) is 3.05. The Morgan fingerprint density at radius 2 is 2.00 bits per heavy atom. The van der Waals surface area contributed by atoms with E-state index >= 15 is 0 Å². The highest BCUT2D eigenvalue weighted by molar-refractivity contribution is 7.17. The van der Waals surface area contributed by atoms with Crippen molar-refractivity contribution in [3.63, 3.8) is 0 Å². The summed E-state index contributed by atoms with van der Waals surface area (Å²) >= 11 is 1.16. The number of aromatic nitrogens is 1. The number of rotatable bonds is 6. The van der Waals surface area contributed by atoms with E-state index < -0.39 is 5.97 Å². The van der Waals surface area contributed by atoms with Crippen molar-refractivity contribution in [3.8, 4) is 0 Å². The number of carboxylic acids is 1. The molecule has 0 atom stereocenters. The van der Waals surface area contributed by atoms with Gasteiger partial charge < -0.3 is 10.0 Å². The van der Waals surface area contributed by atoms with Gasteiger partial charge >= 0.3 is 5.97 Å². The molecule has 0 fully saturated rings. The number of aryl methyl sites for hydroxylation is 1. The molecule has 2 rings (SSSR count). The average Bonchev–Trinajstić information content (AvgIpc) is 2.86. The van der Waals surface area contributed by atoms with Gasteiger partial charge in [0, 0.05) is 12.2 Å². The minimum Gasteiger partial charge on any atom is -0.477 e. The van der Waals surface area contributed by atoms with Gasteiger partial charge in [-0.1, -0.05) is 24.7 Å². The number of carbonyl (C=O) groups is 1. The average molecular weight is 308 g/mol. The zero-order valence-corrected chi connectivity index (χ0v) is 12.8. The van der Waals surface area contributed by atoms with Crippen LogP contribution in [0, 0.1) is 5.82 Å². The smallest absolute Gasteiger partial charge is 0.347 e.